The average molecular weight is 530 g/mol. The van der Waals surface area contributed by atoms with E-state index < -0.39 is 6.17 Å². The smallest absolute Gasteiger partial charge is 0.326 e. The second-order valence-corrected chi connectivity index (χ2v) is 12.5. The molecule has 1 saturated heterocycles. The molecular formula is C26H39Cl2FN4O2. The Balaban J connectivity index is 1.51. The molecule has 2 heterocycles. The standard InChI is InChI=1S/C26H39Cl2FN4O2/c27-18-10-8-16(9-11-18)23-24(17-4-3-5-19(29)14-17)33(26(35)32-13-12-30-22(34)15-32)25(31-23)20-6-1-2-7-21(20)28/h16-21,23-24H,1-15H2,(H,30,34). The molecule has 2 aliphatic heterocycles. The maximum absolute atomic E-state index is 14.7. The Labute approximate surface area is 218 Å². The van der Waals surface area contributed by atoms with Crippen LogP contribution < -0.4 is 5.32 Å². The summed E-state index contributed by atoms with van der Waals surface area (Å²) in [4.78, 5) is 35.2. The van der Waals surface area contributed by atoms with Gasteiger partial charge in [0.1, 0.15) is 18.6 Å². The first-order valence-electron chi connectivity index (χ1n) is 13.8. The van der Waals surface area contributed by atoms with Gasteiger partial charge in [0.25, 0.3) is 0 Å². The second kappa shape index (κ2) is 11.1. The van der Waals surface area contributed by atoms with E-state index in [0.717, 1.165) is 70.0 Å². The fourth-order valence-corrected chi connectivity index (χ4v) is 7.84. The molecule has 3 saturated carbocycles. The van der Waals surface area contributed by atoms with Crippen LogP contribution in [0, 0.1) is 17.8 Å². The van der Waals surface area contributed by atoms with Crippen LogP contribution in [0.15, 0.2) is 4.99 Å². The van der Waals surface area contributed by atoms with Gasteiger partial charge >= 0.3 is 6.03 Å². The van der Waals surface area contributed by atoms with Crippen LogP contribution in [-0.2, 0) is 4.79 Å². The number of nitrogens with zero attached hydrogens (tertiary/aromatic N) is 3. The van der Waals surface area contributed by atoms with Crippen LogP contribution in [0.3, 0.4) is 0 Å². The predicted octanol–water partition coefficient (Wildman–Crippen LogP) is 5.11. The number of hydrogen-bond donors (Lipinski definition) is 1. The molecular weight excluding hydrogens is 490 g/mol. The Hall–Kier alpha value is -1.08. The van der Waals surface area contributed by atoms with Crippen molar-refractivity contribution in [1.29, 1.82) is 0 Å². The molecule has 196 valence electrons. The normalized spacial score (nSPS) is 40.9. The van der Waals surface area contributed by atoms with E-state index in [-0.39, 0.29) is 53.2 Å². The highest BCUT2D eigenvalue weighted by Crippen LogP contribution is 2.45. The molecule has 6 nitrogen and oxygen atoms in total. The SMILES string of the molecule is O=C1CN(C(=O)N2C(C3CCCCC3Cl)=NC(C3CCC(Cl)CC3)C2C2CCCC(F)C2)CCN1. The van der Waals surface area contributed by atoms with Gasteiger partial charge in [-0.25, -0.2) is 9.18 Å². The topological polar surface area (TPSA) is 65.0 Å². The Morgan fingerprint density at radius 1 is 0.971 bits per heavy atom. The lowest BCUT2D eigenvalue weighted by Crippen LogP contribution is -2.60. The summed E-state index contributed by atoms with van der Waals surface area (Å²) in [6.07, 6.45) is 9.90. The summed E-state index contributed by atoms with van der Waals surface area (Å²) in [5.74, 6) is 1.10. The highest BCUT2D eigenvalue weighted by molar-refractivity contribution is 6.23. The van der Waals surface area contributed by atoms with Crippen LogP contribution in [-0.4, -0.2) is 76.2 Å². The third-order valence-electron chi connectivity index (χ3n) is 9.02. The van der Waals surface area contributed by atoms with Gasteiger partial charge in [-0.1, -0.05) is 19.3 Å². The number of amidine groups is 1. The minimum Gasteiger partial charge on any atom is -0.353 e. The van der Waals surface area contributed by atoms with Crippen LogP contribution in [0.1, 0.15) is 77.0 Å². The zero-order valence-corrected chi connectivity index (χ0v) is 22.0. The number of hydrogen-bond acceptors (Lipinski definition) is 3. The quantitative estimate of drug-likeness (QED) is 0.517. The minimum atomic E-state index is -0.829. The van der Waals surface area contributed by atoms with Crippen molar-refractivity contribution in [3.63, 3.8) is 0 Å². The van der Waals surface area contributed by atoms with E-state index >= 15 is 0 Å². The number of nitrogens with one attached hydrogen (secondary N) is 1. The molecule has 3 aliphatic carbocycles. The highest BCUT2D eigenvalue weighted by atomic mass is 35.5. The number of carbonyl (C=O) groups excluding carboxylic acids is 2. The van der Waals surface area contributed by atoms with Crippen LogP contribution >= 0.6 is 23.2 Å². The lowest BCUT2D eigenvalue weighted by Gasteiger charge is -2.43. The summed E-state index contributed by atoms with van der Waals surface area (Å²) in [7, 11) is 0. The van der Waals surface area contributed by atoms with E-state index in [1.54, 1.807) is 4.90 Å². The van der Waals surface area contributed by atoms with Gasteiger partial charge < -0.3 is 10.2 Å². The van der Waals surface area contributed by atoms with Crippen molar-refractivity contribution in [2.75, 3.05) is 19.6 Å². The lowest BCUT2D eigenvalue weighted by molar-refractivity contribution is -0.123. The molecule has 0 aromatic heterocycles. The molecule has 0 spiro atoms. The van der Waals surface area contributed by atoms with Crippen LogP contribution in [0.4, 0.5) is 9.18 Å². The van der Waals surface area contributed by atoms with E-state index in [2.05, 4.69) is 5.32 Å². The van der Waals surface area contributed by atoms with Crippen LogP contribution in [0.2, 0.25) is 0 Å². The fraction of sp³-hybridized carbons (Fsp3) is 0.885. The molecule has 4 fully saturated rings. The van der Waals surface area contributed by atoms with E-state index in [9.17, 15) is 14.0 Å². The number of carbonyl (C=O) groups is 2. The number of alkyl halides is 3. The maximum atomic E-state index is 14.7. The maximum Gasteiger partial charge on any atom is 0.326 e. The molecule has 0 bridgehead atoms. The summed E-state index contributed by atoms with van der Waals surface area (Å²) in [6, 6.07) is -0.353. The third-order valence-corrected chi connectivity index (χ3v) is 9.98. The number of aliphatic imine (C=N–C) groups is 1. The van der Waals surface area contributed by atoms with Crippen LogP contribution in [0.25, 0.3) is 0 Å². The third kappa shape index (κ3) is 5.46. The number of amides is 3. The van der Waals surface area contributed by atoms with Gasteiger partial charge in [0.05, 0.1) is 12.1 Å². The molecule has 5 rings (SSSR count). The molecule has 9 heteroatoms. The van der Waals surface area contributed by atoms with Crippen LogP contribution in [0.5, 0.6) is 0 Å². The molecule has 5 aliphatic rings. The number of piperazine rings is 1. The van der Waals surface area contributed by atoms with Gasteiger partial charge in [0.15, 0.2) is 0 Å². The van der Waals surface area contributed by atoms with Crippen molar-refractivity contribution in [3.05, 3.63) is 0 Å². The Morgan fingerprint density at radius 2 is 1.74 bits per heavy atom. The summed E-state index contributed by atoms with van der Waals surface area (Å²) < 4.78 is 14.7. The summed E-state index contributed by atoms with van der Waals surface area (Å²) in [5.41, 5.74) is 0. The van der Waals surface area contributed by atoms with Gasteiger partial charge in [-0.15, -0.1) is 23.2 Å². The number of halogens is 3. The molecule has 1 N–H and O–H groups in total. The summed E-state index contributed by atoms with van der Waals surface area (Å²) in [6.45, 7) is 0.994. The zero-order valence-electron chi connectivity index (χ0n) is 20.5. The molecule has 6 atom stereocenters. The number of urea groups is 1. The van der Waals surface area contributed by atoms with Gasteiger partial charge in [0, 0.05) is 29.8 Å². The first kappa shape index (κ1) is 25.6. The largest absolute Gasteiger partial charge is 0.353 e. The molecule has 0 radical (unpaired) electrons. The Bertz CT molecular complexity index is 821. The van der Waals surface area contributed by atoms with Crippen molar-refractivity contribution in [2.24, 2.45) is 22.7 Å². The Morgan fingerprint density at radius 3 is 2.46 bits per heavy atom. The second-order valence-electron chi connectivity index (χ2n) is 11.3. The molecule has 6 unspecified atom stereocenters. The zero-order chi connectivity index (χ0) is 24.5. The first-order chi connectivity index (χ1) is 16.9. The van der Waals surface area contributed by atoms with Crippen molar-refractivity contribution < 1.29 is 14.0 Å². The molecule has 35 heavy (non-hydrogen) atoms. The first-order valence-corrected chi connectivity index (χ1v) is 14.6. The fourth-order valence-electron chi connectivity index (χ4n) is 7.20. The van der Waals surface area contributed by atoms with Gasteiger partial charge in [-0.3, -0.25) is 14.7 Å². The molecule has 0 aromatic rings. The van der Waals surface area contributed by atoms with Crippen molar-refractivity contribution in [2.45, 2.75) is 106 Å². The van der Waals surface area contributed by atoms with Gasteiger partial charge in [-0.05, 0) is 69.6 Å². The van der Waals surface area contributed by atoms with Gasteiger partial charge in [-0.2, -0.15) is 0 Å². The predicted molar refractivity (Wildman–Crippen MR) is 137 cm³/mol. The van der Waals surface area contributed by atoms with Crippen molar-refractivity contribution in [3.8, 4) is 0 Å². The summed E-state index contributed by atoms with van der Waals surface area (Å²) >= 11 is 13.3. The van der Waals surface area contributed by atoms with Crippen molar-refractivity contribution >= 4 is 41.0 Å². The monoisotopic (exact) mass is 528 g/mol. The van der Waals surface area contributed by atoms with Crippen molar-refractivity contribution in [1.82, 2.24) is 15.1 Å². The van der Waals surface area contributed by atoms with E-state index in [1.807, 2.05) is 4.90 Å². The highest BCUT2D eigenvalue weighted by Gasteiger charge is 2.51. The lowest BCUT2D eigenvalue weighted by atomic mass is 9.74. The average Bonchev–Trinajstić information content (AvgIpc) is 3.24. The Kier molecular flexibility index (Phi) is 8.12. The van der Waals surface area contributed by atoms with E-state index in [1.165, 1.54) is 0 Å². The molecule has 3 amide bonds. The molecule has 0 aromatic carbocycles. The summed E-state index contributed by atoms with van der Waals surface area (Å²) in [5, 5.41) is 2.97. The van der Waals surface area contributed by atoms with E-state index in [0.29, 0.717) is 31.8 Å². The van der Waals surface area contributed by atoms with E-state index in [4.69, 9.17) is 28.2 Å². The number of rotatable bonds is 3. The van der Waals surface area contributed by atoms with Gasteiger partial charge in [0.2, 0.25) is 5.91 Å². The minimum absolute atomic E-state index is 0.0228.